The molecule has 19 heavy (non-hydrogen) atoms. The van der Waals surface area contributed by atoms with Crippen LogP contribution in [-0.4, -0.2) is 41.5 Å². The molecule has 2 rings (SSSR count). The van der Waals surface area contributed by atoms with E-state index in [9.17, 15) is 0 Å². The van der Waals surface area contributed by atoms with E-state index in [1.165, 1.54) is 25.9 Å². The first-order chi connectivity index (χ1) is 9.00. The number of anilines is 2. The Morgan fingerprint density at radius 1 is 1.37 bits per heavy atom. The SMILES string of the molecule is CCc1nc(N)cc(NCC2(C)CCN(C)CC2)n1. The molecule has 0 amide bonds. The van der Waals surface area contributed by atoms with Crippen LogP contribution in [0, 0.1) is 5.41 Å². The molecule has 1 fully saturated rings. The predicted octanol–water partition coefficient (Wildman–Crippen LogP) is 1.76. The Hall–Kier alpha value is -1.36. The fourth-order valence-electron chi connectivity index (χ4n) is 2.41. The maximum atomic E-state index is 5.80. The summed E-state index contributed by atoms with van der Waals surface area (Å²) in [7, 11) is 2.19. The molecule has 3 N–H and O–H groups in total. The highest BCUT2D eigenvalue weighted by Crippen LogP contribution is 2.30. The molecule has 0 saturated carbocycles. The third-order valence-corrected chi connectivity index (χ3v) is 4.00. The molecule has 106 valence electrons. The van der Waals surface area contributed by atoms with E-state index in [0.717, 1.165) is 24.6 Å². The lowest BCUT2D eigenvalue weighted by atomic mass is 9.80. The van der Waals surface area contributed by atoms with E-state index >= 15 is 0 Å². The summed E-state index contributed by atoms with van der Waals surface area (Å²) < 4.78 is 0. The average Bonchev–Trinajstić information content (AvgIpc) is 2.40. The molecule has 5 nitrogen and oxygen atoms in total. The van der Waals surface area contributed by atoms with Gasteiger partial charge in [-0.15, -0.1) is 0 Å². The van der Waals surface area contributed by atoms with Crippen molar-refractivity contribution >= 4 is 11.6 Å². The van der Waals surface area contributed by atoms with Crippen molar-refractivity contribution in [2.24, 2.45) is 5.41 Å². The number of rotatable bonds is 4. The molecule has 0 atom stereocenters. The van der Waals surface area contributed by atoms with Gasteiger partial charge in [0.15, 0.2) is 0 Å². The topological polar surface area (TPSA) is 67.1 Å². The Balaban J connectivity index is 1.96. The van der Waals surface area contributed by atoms with Crippen LogP contribution < -0.4 is 11.1 Å². The minimum Gasteiger partial charge on any atom is -0.384 e. The predicted molar refractivity (Wildman–Crippen MR) is 79.2 cm³/mol. The molecule has 0 aromatic carbocycles. The Kier molecular flexibility index (Phi) is 4.24. The molecule has 1 saturated heterocycles. The summed E-state index contributed by atoms with van der Waals surface area (Å²) in [4.78, 5) is 11.1. The lowest BCUT2D eigenvalue weighted by Gasteiger charge is -2.38. The van der Waals surface area contributed by atoms with Crippen LogP contribution in [0.25, 0.3) is 0 Å². The van der Waals surface area contributed by atoms with Crippen LogP contribution in [0.1, 0.15) is 32.5 Å². The van der Waals surface area contributed by atoms with Gasteiger partial charge in [-0.3, -0.25) is 0 Å². The van der Waals surface area contributed by atoms with E-state index < -0.39 is 0 Å². The van der Waals surface area contributed by atoms with Crippen molar-refractivity contribution in [3.63, 3.8) is 0 Å². The van der Waals surface area contributed by atoms with Crippen molar-refractivity contribution in [3.8, 4) is 0 Å². The summed E-state index contributed by atoms with van der Waals surface area (Å²) in [5, 5.41) is 3.44. The van der Waals surface area contributed by atoms with Gasteiger partial charge >= 0.3 is 0 Å². The third-order valence-electron chi connectivity index (χ3n) is 4.00. The van der Waals surface area contributed by atoms with E-state index in [-0.39, 0.29) is 0 Å². The fourth-order valence-corrected chi connectivity index (χ4v) is 2.41. The Morgan fingerprint density at radius 2 is 2.05 bits per heavy atom. The maximum Gasteiger partial charge on any atom is 0.132 e. The van der Waals surface area contributed by atoms with Crippen LogP contribution in [0.5, 0.6) is 0 Å². The molecule has 1 aliphatic rings. The van der Waals surface area contributed by atoms with Crippen LogP contribution in [-0.2, 0) is 6.42 Å². The Labute approximate surface area is 115 Å². The van der Waals surface area contributed by atoms with Gasteiger partial charge in [-0.05, 0) is 38.4 Å². The van der Waals surface area contributed by atoms with Crippen LogP contribution >= 0.6 is 0 Å². The van der Waals surface area contributed by atoms with Gasteiger partial charge < -0.3 is 16.0 Å². The molecule has 0 spiro atoms. The largest absolute Gasteiger partial charge is 0.384 e. The third kappa shape index (κ3) is 3.80. The summed E-state index contributed by atoms with van der Waals surface area (Å²) in [6.45, 7) is 7.67. The molecular weight excluding hydrogens is 238 g/mol. The van der Waals surface area contributed by atoms with Crippen LogP contribution in [0.15, 0.2) is 6.07 Å². The summed E-state index contributed by atoms with van der Waals surface area (Å²) in [5.74, 6) is 2.20. The van der Waals surface area contributed by atoms with Gasteiger partial charge in [0.2, 0.25) is 0 Å². The average molecular weight is 263 g/mol. The zero-order chi connectivity index (χ0) is 13.9. The first-order valence-corrected chi connectivity index (χ1v) is 7.06. The van der Waals surface area contributed by atoms with Gasteiger partial charge in [0, 0.05) is 19.0 Å². The van der Waals surface area contributed by atoms with E-state index in [1.807, 2.05) is 13.0 Å². The number of nitrogens with one attached hydrogen (secondary N) is 1. The monoisotopic (exact) mass is 263 g/mol. The van der Waals surface area contributed by atoms with Gasteiger partial charge in [-0.1, -0.05) is 13.8 Å². The van der Waals surface area contributed by atoms with Crippen molar-refractivity contribution in [3.05, 3.63) is 11.9 Å². The van der Waals surface area contributed by atoms with E-state index in [2.05, 4.69) is 34.2 Å². The second-order valence-electron chi connectivity index (χ2n) is 5.92. The lowest BCUT2D eigenvalue weighted by Crippen LogP contribution is -2.40. The fraction of sp³-hybridized carbons (Fsp3) is 0.714. The zero-order valence-corrected chi connectivity index (χ0v) is 12.2. The van der Waals surface area contributed by atoms with Crippen molar-refractivity contribution in [2.75, 3.05) is 37.7 Å². The first kappa shape index (κ1) is 14.1. The first-order valence-electron chi connectivity index (χ1n) is 7.06. The summed E-state index contributed by atoms with van der Waals surface area (Å²) in [6, 6.07) is 1.82. The second-order valence-corrected chi connectivity index (χ2v) is 5.92. The van der Waals surface area contributed by atoms with Crippen molar-refractivity contribution < 1.29 is 0 Å². The number of hydrogen-bond acceptors (Lipinski definition) is 5. The lowest BCUT2D eigenvalue weighted by molar-refractivity contribution is 0.150. The molecule has 1 aliphatic heterocycles. The number of aromatic nitrogens is 2. The van der Waals surface area contributed by atoms with Crippen LogP contribution in [0.3, 0.4) is 0 Å². The number of nitrogen functional groups attached to an aromatic ring is 1. The van der Waals surface area contributed by atoms with Gasteiger partial charge in [0.25, 0.3) is 0 Å². The molecule has 0 unspecified atom stereocenters. The molecule has 2 heterocycles. The number of aryl methyl sites for hydroxylation is 1. The zero-order valence-electron chi connectivity index (χ0n) is 12.2. The van der Waals surface area contributed by atoms with Crippen molar-refractivity contribution in [1.29, 1.82) is 0 Å². The number of hydrogen-bond donors (Lipinski definition) is 2. The number of nitrogens with two attached hydrogens (primary N) is 1. The number of likely N-dealkylation sites (tertiary alicyclic amines) is 1. The van der Waals surface area contributed by atoms with Crippen molar-refractivity contribution in [2.45, 2.75) is 33.1 Å². The number of nitrogens with zero attached hydrogens (tertiary/aromatic N) is 3. The Morgan fingerprint density at radius 3 is 2.68 bits per heavy atom. The van der Waals surface area contributed by atoms with Crippen LogP contribution in [0.4, 0.5) is 11.6 Å². The normalized spacial score (nSPS) is 19.3. The summed E-state index contributed by atoms with van der Waals surface area (Å²) in [5.41, 5.74) is 6.14. The van der Waals surface area contributed by atoms with E-state index in [1.54, 1.807) is 0 Å². The highest BCUT2D eigenvalue weighted by molar-refractivity contribution is 5.44. The molecule has 5 heteroatoms. The summed E-state index contributed by atoms with van der Waals surface area (Å²) in [6.07, 6.45) is 3.25. The molecule has 0 radical (unpaired) electrons. The highest BCUT2D eigenvalue weighted by Gasteiger charge is 2.28. The van der Waals surface area contributed by atoms with Gasteiger partial charge in [0.1, 0.15) is 17.5 Å². The molecule has 0 aliphatic carbocycles. The van der Waals surface area contributed by atoms with Crippen molar-refractivity contribution in [1.82, 2.24) is 14.9 Å². The molecule has 1 aromatic rings. The van der Waals surface area contributed by atoms with E-state index in [4.69, 9.17) is 5.73 Å². The standard InChI is InChI=1S/C14H25N5/c1-4-12-17-11(15)9-13(18-12)16-10-14(2)5-7-19(3)8-6-14/h9H,4-8,10H2,1-3H3,(H3,15,16,17,18). The van der Waals surface area contributed by atoms with Crippen LogP contribution in [0.2, 0.25) is 0 Å². The molecular formula is C14H25N5. The quantitative estimate of drug-likeness (QED) is 0.866. The minimum atomic E-state index is 0.346. The maximum absolute atomic E-state index is 5.80. The van der Waals surface area contributed by atoms with Gasteiger partial charge in [-0.2, -0.15) is 0 Å². The second kappa shape index (κ2) is 5.74. The number of piperidine rings is 1. The smallest absolute Gasteiger partial charge is 0.132 e. The summed E-state index contributed by atoms with van der Waals surface area (Å²) >= 11 is 0. The van der Waals surface area contributed by atoms with Gasteiger partial charge in [0.05, 0.1) is 0 Å². The molecule has 0 bridgehead atoms. The minimum absolute atomic E-state index is 0.346. The highest BCUT2D eigenvalue weighted by atomic mass is 15.1. The van der Waals surface area contributed by atoms with Gasteiger partial charge in [-0.25, -0.2) is 9.97 Å². The Bertz CT molecular complexity index is 424. The molecule has 1 aromatic heterocycles. The van der Waals surface area contributed by atoms with E-state index in [0.29, 0.717) is 11.2 Å².